The van der Waals surface area contributed by atoms with Gasteiger partial charge in [-0.05, 0) is 54.9 Å². The van der Waals surface area contributed by atoms with Crippen molar-refractivity contribution < 1.29 is 14.6 Å². The Kier molecular flexibility index (Phi) is 7.27. The number of benzene rings is 2. The van der Waals surface area contributed by atoms with E-state index in [1.54, 1.807) is 19.2 Å². The molecule has 0 radical (unpaired) electrons. The molecule has 0 amide bonds. The number of rotatable bonds is 10. The number of pyridine rings is 1. The molecule has 3 aromatic rings. The third-order valence-corrected chi connectivity index (χ3v) is 4.93. The Bertz CT molecular complexity index is 969. The highest BCUT2D eigenvalue weighted by atomic mass is 16.5. The van der Waals surface area contributed by atoms with Crippen LogP contribution in [0.5, 0.6) is 11.5 Å². The lowest BCUT2D eigenvalue weighted by molar-refractivity contribution is 0.0703. The van der Waals surface area contributed by atoms with Crippen molar-refractivity contribution in [2.24, 2.45) is 0 Å². The fraction of sp³-hybridized carbons (Fsp3) is 0.348. The first kappa shape index (κ1) is 20.9. The molecule has 2 aromatic carbocycles. The van der Waals surface area contributed by atoms with Crippen LogP contribution in [0.1, 0.15) is 12.5 Å². The summed E-state index contributed by atoms with van der Waals surface area (Å²) in [6.07, 6.45) is 0.325. The minimum atomic E-state index is -0.586. The van der Waals surface area contributed by atoms with E-state index < -0.39 is 6.10 Å². The van der Waals surface area contributed by atoms with E-state index in [0.29, 0.717) is 12.3 Å². The Labute approximate surface area is 170 Å². The van der Waals surface area contributed by atoms with Gasteiger partial charge in [0.05, 0.1) is 7.11 Å². The van der Waals surface area contributed by atoms with Gasteiger partial charge in [0.1, 0.15) is 24.2 Å². The van der Waals surface area contributed by atoms with Crippen molar-refractivity contribution in [1.82, 2.24) is 9.88 Å². The van der Waals surface area contributed by atoms with Gasteiger partial charge in [0.25, 0.3) is 0 Å². The molecule has 0 aliphatic heterocycles. The molecule has 6 heteroatoms. The summed E-state index contributed by atoms with van der Waals surface area (Å²) in [5.41, 5.74) is 1.88. The zero-order valence-corrected chi connectivity index (χ0v) is 16.9. The summed E-state index contributed by atoms with van der Waals surface area (Å²) in [7, 11) is 1.66. The molecule has 0 aliphatic carbocycles. The maximum atomic E-state index is 11.4. The zero-order valence-electron chi connectivity index (χ0n) is 16.9. The number of nitrogens with zero attached hydrogens (tertiary/aromatic N) is 1. The highest BCUT2D eigenvalue weighted by Crippen LogP contribution is 2.18. The number of aromatic nitrogens is 1. The first-order valence-electron chi connectivity index (χ1n) is 9.86. The second-order valence-corrected chi connectivity index (χ2v) is 7.03. The van der Waals surface area contributed by atoms with Crippen LogP contribution in [0.3, 0.4) is 0 Å². The van der Waals surface area contributed by atoms with Gasteiger partial charge in [-0.25, -0.2) is 0 Å². The van der Waals surface area contributed by atoms with Crippen LogP contribution in [0.25, 0.3) is 10.9 Å². The summed E-state index contributed by atoms with van der Waals surface area (Å²) >= 11 is 0. The molecule has 29 heavy (non-hydrogen) atoms. The van der Waals surface area contributed by atoms with E-state index in [0.717, 1.165) is 36.2 Å². The molecule has 1 atom stereocenters. The fourth-order valence-corrected chi connectivity index (χ4v) is 3.22. The van der Waals surface area contributed by atoms with Crippen LogP contribution < -0.4 is 15.0 Å². The average Bonchev–Trinajstić information content (AvgIpc) is 2.75. The van der Waals surface area contributed by atoms with Crippen molar-refractivity contribution in [3.63, 3.8) is 0 Å². The SMILES string of the molecule is CCN(CCc1ccc(OC)cc1)CC(O)COc1ccc2[nH]c(=O)ccc2c1. The first-order chi connectivity index (χ1) is 14.1. The molecule has 1 unspecified atom stereocenters. The van der Waals surface area contributed by atoms with Crippen molar-refractivity contribution in [3.8, 4) is 11.5 Å². The zero-order chi connectivity index (χ0) is 20.6. The van der Waals surface area contributed by atoms with E-state index in [1.165, 1.54) is 11.6 Å². The molecule has 0 aliphatic rings. The molecule has 1 heterocycles. The number of fused-ring (bicyclic) bond motifs is 1. The van der Waals surface area contributed by atoms with Gasteiger partial charge in [0.15, 0.2) is 0 Å². The molecule has 154 valence electrons. The third kappa shape index (κ3) is 6.07. The summed E-state index contributed by atoms with van der Waals surface area (Å²) in [4.78, 5) is 16.3. The van der Waals surface area contributed by atoms with Gasteiger partial charge < -0.3 is 24.5 Å². The highest BCUT2D eigenvalue weighted by molar-refractivity contribution is 5.79. The van der Waals surface area contributed by atoms with E-state index in [2.05, 4.69) is 28.9 Å². The summed E-state index contributed by atoms with van der Waals surface area (Å²) in [6, 6.07) is 16.8. The van der Waals surface area contributed by atoms with Crippen LogP contribution in [-0.4, -0.2) is 54.4 Å². The maximum absolute atomic E-state index is 11.4. The average molecular weight is 396 g/mol. The van der Waals surface area contributed by atoms with Gasteiger partial charge in [-0.2, -0.15) is 0 Å². The molecule has 0 spiro atoms. The quantitative estimate of drug-likeness (QED) is 0.551. The van der Waals surface area contributed by atoms with E-state index in [4.69, 9.17) is 9.47 Å². The lowest BCUT2D eigenvalue weighted by Gasteiger charge is -2.23. The number of nitrogens with one attached hydrogen (secondary N) is 1. The number of ether oxygens (including phenoxy) is 2. The summed E-state index contributed by atoms with van der Waals surface area (Å²) in [5.74, 6) is 1.53. The van der Waals surface area contributed by atoms with Crippen LogP contribution in [-0.2, 0) is 6.42 Å². The second kappa shape index (κ2) is 10.1. The van der Waals surface area contributed by atoms with E-state index in [9.17, 15) is 9.90 Å². The van der Waals surface area contributed by atoms with Gasteiger partial charge in [-0.3, -0.25) is 4.79 Å². The van der Waals surface area contributed by atoms with Crippen LogP contribution in [0.2, 0.25) is 0 Å². The Morgan fingerprint density at radius 3 is 2.55 bits per heavy atom. The number of hydrogen-bond donors (Lipinski definition) is 2. The number of H-pyrrole nitrogens is 1. The molecular formula is C23H28N2O4. The van der Waals surface area contributed by atoms with Crippen molar-refractivity contribution in [1.29, 1.82) is 0 Å². The van der Waals surface area contributed by atoms with Crippen molar-refractivity contribution in [3.05, 3.63) is 70.5 Å². The van der Waals surface area contributed by atoms with Gasteiger partial charge in [0, 0.05) is 30.1 Å². The van der Waals surface area contributed by atoms with Gasteiger partial charge >= 0.3 is 0 Å². The Balaban J connectivity index is 1.48. The largest absolute Gasteiger partial charge is 0.497 e. The van der Waals surface area contributed by atoms with Crippen molar-refractivity contribution >= 4 is 10.9 Å². The standard InChI is InChI=1S/C23H28N2O4/c1-3-25(13-12-17-4-7-20(28-2)8-5-17)15-19(26)16-29-21-9-10-22-18(14-21)6-11-23(27)24-22/h4-11,14,19,26H,3,12-13,15-16H2,1-2H3,(H,24,27). The van der Waals surface area contributed by atoms with E-state index >= 15 is 0 Å². The fourth-order valence-electron chi connectivity index (χ4n) is 3.22. The van der Waals surface area contributed by atoms with Crippen LogP contribution in [0.4, 0.5) is 0 Å². The summed E-state index contributed by atoms with van der Waals surface area (Å²) in [5, 5.41) is 11.3. The Morgan fingerprint density at radius 2 is 1.83 bits per heavy atom. The number of likely N-dealkylation sites (N-methyl/N-ethyl adjacent to an activating group) is 1. The van der Waals surface area contributed by atoms with Crippen molar-refractivity contribution in [2.45, 2.75) is 19.4 Å². The lowest BCUT2D eigenvalue weighted by atomic mass is 10.1. The smallest absolute Gasteiger partial charge is 0.248 e. The minimum absolute atomic E-state index is 0.129. The number of methoxy groups -OCH3 is 1. The predicted octanol–water partition coefficient (Wildman–Crippen LogP) is 2.84. The molecular weight excluding hydrogens is 368 g/mol. The van der Waals surface area contributed by atoms with Gasteiger partial charge in [-0.1, -0.05) is 19.1 Å². The lowest BCUT2D eigenvalue weighted by Crippen LogP contribution is -2.36. The highest BCUT2D eigenvalue weighted by Gasteiger charge is 2.12. The van der Waals surface area contributed by atoms with Crippen LogP contribution >= 0.6 is 0 Å². The Hall–Kier alpha value is -2.83. The molecule has 6 nitrogen and oxygen atoms in total. The molecule has 1 aromatic heterocycles. The minimum Gasteiger partial charge on any atom is -0.497 e. The predicted molar refractivity (Wildman–Crippen MR) is 115 cm³/mol. The third-order valence-electron chi connectivity index (χ3n) is 4.93. The second-order valence-electron chi connectivity index (χ2n) is 7.03. The Morgan fingerprint density at radius 1 is 1.07 bits per heavy atom. The summed E-state index contributed by atoms with van der Waals surface area (Å²) in [6.45, 7) is 4.58. The number of aromatic amines is 1. The van der Waals surface area contributed by atoms with Crippen LogP contribution in [0, 0.1) is 0 Å². The van der Waals surface area contributed by atoms with Crippen LogP contribution in [0.15, 0.2) is 59.4 Å². The van der Waals surface area contributed by atoms with Crippen molar-refractivity contribution in [2.75, 3.05) is 33.4 Å². The molecule has 0 bridgehead atoms. The maximum Gasteiger partial charge on any atom is 0.248 e. The number of aliphatic hydroxyl groups excluding tert-OH is 1. The molecule has 0 fully saturated rings. The van der Waals surface area contributed by atoms with E-state index in [1.807, 2.05) is 24.3 Å². The van der Waals surface area contributed by atoms with Gasteiger partial charge in [0.2, 0.25) is 5.56 Å². The van der Waals surface area contributed by atoms with E-state index in [-0.39, 0.29) is 12.2 Å². The van der Waals surface area contributed by atoms with Gasteiger partial charge in [-0.15, -0.1) is 0 Å². The molecule has 0 saturated heterocycles. The topological polar surface area (TPSA) is 74.8 Å². The molecule has 2 N–H and O–H groups in total. The monoisotopic (exact) mass is 396 g/mol. The first-order valence-corrected chi connectivity index (χ1v) is 9.86. The molecule has 0 saturated carbocycles. The number of aliphatic hydroxyl groups is 1. The number of hydrogen-bond acceptors (Lipinski definition) is 5. The molecule has 3 rings (SSSR count). The summed E-state index contributed by atoms with van der Waals surface area (Å²) < 4.78 is 10.9. The normalized spacial score (nSPS) is 12.3.